The highest BCUT2D eigenvalue weighted by molar-refractivity contribution is 5.71. The van der Waals surface area contributed by atoms with Crippen LogP contribution in [-0.2, 0) is 30.3 Å². The number of carbonyl (C=O) groups is 2. The molecular weight excluding hydrogens is 416 g/mol. The van der Waals surface area contributed by atoms with Crippen LogP contribution in [0.15, 0.2) is 48.5 Å². The second-order valence-electron chi connectivity index (χ2n) is 7.32. The van der Waals surface area contributed by atoms with E-state index in [2.05, 4.69) is 0 Å². The maximum atomic E-state index is 11.7. The monoisotopic (exact) mass is 446 g/mol. The Hall–Kier alpha value is -3.10. The van der Waals surface area contributed by atoms with E-state index in [4.69, 9.17) is 18.9 Å². The summed E-state index contributed by atoms with van der Waals surface area (Å²) in [5.74, 6) is -0.663. The summed E-state index contributed by atoms with van der Waals surface area (Å²) < 4.78 is 20.9. The van der Waals surface area contributed by atoms with Gasteiger partial charge in [0.05, 0.1) is 13.2 Å². The van der Waals surface area contributed by atoms with Gasteiger partial charge < -0.3 is 29.2 Å². The van der Waals surface area contributed by atoms with Crippen molar-refractivity contribution in [3.8, 4) is 11.5 Å². The van der Waals surface area contributed by atoms with Crippen molar-refractivity contribution in [1.82, 2.24) is 0 Å². The van der Waals surface area contributed by atoms with Gasteiger partial charge in [0.25, 0.3) is 0 Å². The van der Waals surface area contributed by atoms with Gasteiger partial charge in [0.1, 0.15) is 22.7 Å². The molecule has 2 aromatic carbocycles. The average Bonchev–Trinajstić information content (AvgIpc) is 2.77. The predicted octanol–water partition coefficient (Wildman–Crippen LogP) is 2.69. The molecule has 0 saturated carbocycles. The molecule has 0 fully saturated rings. The minimum Gasteiger partial charge on any atom is -0.482 e. The molecule has 0 amide bonds. The van der Waals surface area contributed by atoms with Gasteiger partial charge in [-0.1, -0.05) is 36.4 Å². The van der Waals surface area contributed by atoms with Gasteiger partial charge in [-0.25, -0.2) is 9.59 Å². The molecule has 0 aliphatic carbocycles. The number of rotatable bonds is 11. The first kappa shape index (κ1) is 25.2. The molecule has 2 unspecified atom stereocenters. The summed E-state index contributed by atoms with van der Waals surface area (Å²) in [7, 11) is 0. The van der Waals surface area contributed by atoms with Gasteiger partial charge in [0.2, 0.25) is 0 Å². The zero-order valence-electron chi connectivity index (χ0n) is 18.8. The molecule has 0 aromatic heterocycles. The van der Waals surface area contributed by atoms with Crippen LogP contribution in [0.2, 0.25) is 0 Å². The number of esters is 2. The minimum atomic E-state index is -1.87. The summed E-state index contributed by atoms with van der Waals surface area (Å²) in [4.78, 5) is 23.4. The molecule has 2 atom stereocenters. The van der Waals surface area contributed by atoms with Crippen molar-refractivity contribution >= 4 is 11.9 Å². The highest BCUT2D eigenvalue weighted by Crippen LogP contribution is 2.46. The lowest BCUT2D eigenvalue weighted by atomic mass is 9.75. The van der Waals surface area contributed by atoms with E-state index >= 15 is 0 Å². The molecule has 0 radical (unpaired) electrons. The van der Waals surface area contributed by atoms with Crippen LogP contribution in [0.1, 0.15) is 38.8 Å². The number of hydrogen-bond acceptors (Lipinski definition) is 8. The van der Waals surface area contributed by atoms with Gasteiger partial charge >= 0.3 is 11.9 Å². The van der Waals surface area contributed by atoms with E-state index in [0.717, 1.165) is 0 Å². The summed E-state index contributed by atoms with van der Waals surface area (Å²) in [5, 5.41) is 23.0. The molecule has 2 N–H and O–H groups in total. The highest BCUT2D eigenvalue weighted by Gasteiger charge is 2.47. The first-order valence-corrected chi connectivity index (χ1v) is 10.4. The Bertz CT molecular complexity index is 844. The van der Waals surface area contributed by atoms with Crippen LogP contribution in [0.3, 0.4) is 0 Å². The molecule has 8 heteroatoms. The molecule has 2 rings (SSSR count). The summed E-state index contributed by atoms with van der Waals surface area (Å²) in [6.45, 7) is 6.00. The maximum absolute atomic E-state index is 11.7. The van der Waals surface area contributed by atoms with Gasteiger partial charge in [0.15, 0.2) is 13.2 Å². The smallest absolute Gasteiger partial charge is 0.344 e. The van der Waals surface area contributed by atoms with Gasteiger partial charge in [0, 0.05) is 11.1 Å². The summed E-state index contributed by atoms with van der Waals surface area (Å²) in [5.41, 5.74) is -3.23. The topological polar surface area (TPSA) is 112 Å². The second kappa shape index (κ2) is 11.0. The number of ether oxygens (including phenoxy) is 4. The van der Waals surface area contributed by atoms with E-state index < -0.39 is 23.1 Å². The molecule has 0 aliphatic heterocycles. The number of carbonyl (C=O) groups excluding carboxylic acids is 2. The van der Waals surface area contributed by atoms with Gasteiger partial charge in [-0.15, -0.1) is 0 Å². The standard InChI is InChI=1S/C24H30O8/c1-5-29-21(25)15-31-19-13-9-7-11-17(19)23(3,27)24(4,28)18-12-8-10-14-20(18)32-16-22(26)30-6-2/h7-14,27-28H,5-6,15-16H2,1-4H3. The lowest BCUT2D eigenvalue weighted by molar-refractivity contribution is -0.149. The number of para-hydroxylation sites is 2. The molecule has 0 heterocycles. The predicted molar refractivity (Wildman–Crippen MR) is 116 cm³/mol. The quantitative estimate of drug-likeness (QED) is 0.507. The lowest BCUT2D eigenvalue weighted by Crippen LogP contribution is -2.45. The van der Waals surface area contributed by atoms with Crippen LogP contribution in [0.5, 0.6) is 11.5 Å². The zero-order chi connectivity index (χ0) is 23.8. The maximum Gasteiger partial charge on any atom is 0.344 e. The van der Waals surface area contributed by atoms with Crippen LogP contribution >= 0.6 is 0 Å². The summed E-state index contributed by atoms with van der Waals surface area (Å²) in [6.07, 6.45) is 0. The third-order valence-corrected chi connectivity index (χ3v) is 5.07. The van der Waals surface area contributed by atoms with Gasteiger partial charge in [-0.05, 0) is 39.8 Å². The van der Waals surface area contributed by atoms with E-state index in [1.54, 1.807) is 62.4 Å². The van der Waals surface area contributed by atoms with Crippen molar-refractivity contribution < 1.29 is 38.7 Å². The van der Waals surface area contributed by atoms with Crippen molar-refractivity contribution in [3.05, 3.63) is 59.7 Å². The third kappa shape index (κ3) is 5.77. The molecule has 2 aromatic rings. The van der Waals surface area contributed by atoms with Crippen LogP contribution in [0.25, 0.3) is 0 Å². The largest absolute Gasteiger partial charge is 0.482 e. The van der Waals surface area contributed by atoms with Crippen molar-refractivity contribution in [2.45, 2.75) is 38.9 Å². The van der Waals surface area contributed by atoms with Crippen molar-refractivity contribution in [2.75, 3.05) is 26.4 Å². The van der Waals surface area contributed by atoms with Crippen molar-refractivity contribution in [1.29, 1.82) is 0 Å². The average molecular weight is 446 g/mol. The normalized spacial score (nSPS) is 14.6. The van der Waals surface area contributed by atoms with Crippen LogP contribution in [0, 0.1) is 0 Å². The molecule has 0 spiro atoms. The number of hydrogen-bond donors (Lipinski definition) is 2. The number of aliphatic hydroxyl groups is 2. The van der Waals surface area contributed by atoms with Gasteiger partial charge in [-0.2, -0.15) is 0 Å². The molecule has 174 valence electrons. The minimum absolute atomic E-state index is 0.218. The van der Waals surface area contributed by atoms with E-state index in [1.807, 2.05) is 0 Å². The number of benzene rings is 2. The van der Waals surface area contributed by atoms with E-state index in [9.17, 15) is 19.8 Å². The zero-order valence-corrected chi connectivity index (χ0v) is 18.8. The molecular formula is C24H30O8. The SMILES string of the molecule is CCOC(=O)COc1ccccc1C(C)(O)C(C)(O)c1ccccc1OCC(=O)OCC. The fourth-order valence-corrected chi connectivity index (χ4v) is 3.19. The summed E-state index contributed by atoms with van der Waals surface area (Å²) >= 11 is 0. The molecule has 0 saturated heterocycles. The van der Waals surface area contributed by atoms with Crippen LogP contribution < -0.4 is 9.47 Å². The van der Waals surface area contributed by atoms with Crippen molar-refractivity contribution in [3.63, 3.8) is 0 Å². The van der Waals surface area contributed by atoms with Crippen molar-refractivity contribution in [2.24, 2.45) is 0 Å². The molecule has 0 aliphatic rings. The third-order valence-electron chi connectivity index (χ3n) is 5.07. The Morgan fingerprint density at radius 1 is 0.719 bits per heavy atom. The Morgan fingerprint density at radius 3 is 1.41 bits per heavy atom. The van der Waals surface area contributed by atoms with Crippen LogP contribution in [-0.4, -0.2) is 48.6 Å². The molecule has 32 heavy (non-hydrogen) atoms. The Kier molecular flexibility index (Phi) is 8.63. The second-order valence-corrected chi connectivity index (χ2v) is 7.32. The fourth-order valence-electron chi connectivity index (χ4n) is 3.19. The Morgan fingerprint density at radius 2 is 1.06 bits per heavy atom. The molecule has 0 bridgehead atoms. The van der Waals surface area contributed by atoms with E-state index in [0.29, 0.717) is 0 Å². The van der Waals surface area contributed by atoms with Crippen LogP contribution in [0.4, 0.5) is 0 Å². The first-order chi connectivity index (χ1) is 15.1. The first-order valence-electron chi connectivity index (χ1n) is 10.4. The molecule has 8 nitrogen and oxygen atoms in total. The van der Waals surface area contributed by atoms with E-state index in [1.165, 1.54) is 13.8 Å². The Labute approximate surface area is 187 Å². The van der Waals surface area contributed by atoms with Gasteiger partial charge in [-0.3, -0.25) is 0 Å². The lowest BCUT2D eigenvalue weighted by Gasteiger charge is -2.40. The highest BCUT2D eigenvalue weighted by atomic mass is 16.6. The van der Waals surface area contributed by atoms with E-state index in [-0.39, 0.29) is 49.1 Å². The fraction of sp³-hybridized carbons (Fsp3) is 0.417. The Balaban J connectivity index is 2.36. The summed E-state index contributed by atoms with van der Waals surface area (Å²) in [6, 6.07) is 13.1.